The molecule has 0 radical (unpaired) electrons. The Bertz CT molecular complexity index is 449. The predicted molar refractivity (Wildman–Crippen MR) is 95.2 cm³/mol. The maximum Gasteiger partial charge on any atom is 0.122 e. The van der Waals surface area contributed by atoms with Crippen molar-refractivity contribution >= 4 is 15.9 Å². The van der Waals surface area contributed by atoms with Crippen LogP contribution in [-0.2, 0) is 6.42 Å². The first-order chi connectivity index (χ1) is 9.63. The zero-order chi connectivity index (χ0) is 16.1. The van der Waals surface area contributed by atoms with Crippen molar-refractivity contribution < 1.29 is 4.74 Å². The lowest BCUT2D eigenvalue weighted by molar-refractivity contribution is 0.283. The molecule has 0 atom stereocenters. The van der Waals surface area contributed by atoms with Crippen LogP contribution in [0.25, 0.3) is 0 Å². The Kier molecular flexibility index (Phi) is 6.73. The summed E-state index contributed by atoms with van der Waals surface area (Å²) < 4.78 is 6.57. The van der Waals surface area contributed by atoms with Crippen LogP contribution in [0, 0.1) is 5.41 Å². The van der Waals surface area contributed by atoms with Crippen LogP contribution in [0.3, 0.4) is 0 Å². The van der Waals surface area contributed by atoms with Crippen molar-refractivity contribution in [2.45, 2.75) is 59.4 Å². The van der Waals surface area contributed by atoms with Crippen LogP contribution in [0.15, 0.2) is 22.7 Å². The first-order valence-corrected chi connectivity index (χ1v) is 8.50. The van der Waals surface area contributed by atoms with Gasteiger partial charge in [0.05, 0.1) is 7.11 Å². The predicted octanol–water partition coefficient (Wildman–Crippen LogP) is 5.19. The number of hydrogen-bond acceptors (Lipinski definition) is 2. The molecular formula is C18H30BrNO. The summed E-state index contributed by atoms with van der Waals surface area (Å²) in [5.41, 5.74) is 1.80. The van der Waals surface area contributed by atoms with Gasteiger partial charge in [-0.1, -0.05) is 29.8 Å². The highest BCUT2D eigenvalue weighted by atomic mass is 79.9. The molecule has 1 N–H and O–H groups in total. The number of ether oxygens (including phenoxy) is 1. The van der Waals surface area contributed by atoms with E-state index in [0.29, 0.717) is 5.41 Å². The zero-order valence-corrected chi connectivity index (χ0v) is 15.9. The number of halogens is 1. The fourth-order valence-electron chi connectivity index (χ4n) is 2.32. The molecule has 0 aliphatic heterocycles. The lowest BCUT2D eigenvalue weighted by atomic mass is 9.83. The Hall–Kier alpha value is -0.540. The number of nitrogens with one attached hydrogen (secondary N) is 1. The Labute approximate surface area is 138 Å². The fraction of sp³-hybridized carbons (Fsp3) is 0.667. The van der Waals surface area contributed by atoms with E-state index >= 15 is 0 Å². The molecule has 120 valence electrons. The summed E-state index contributed by atoms with van der Waals surface area (Å²) in [6.07, 6.45) is 3.39. The van der Waals surface area contributed by atoms with E-state index in [0.717, 1.165) is 29.6 Å². The van der Waals surface area contributed by atoms with Crippen LogP contribution in [0.4, 0.5) is 0 Å². The minimum atomic E-state index is 0.198. The minimum Gasteiger partial charge on any atom is -0.496 e. The normalized spacial score (nSPS) is 12.5. The van der Waals surface area contributed by atoms with E-state index in [1.807, 2.05) is 12.1 Å². The third kappa shape index (κ3) is 7.32. The van der Waals surface area contributed by atoms with Crippen LogP contribution in [0.5, 0.6) is 5.75 Å². The van der Waals surface area contributed by atoms with Crippen molar-refractivity contribution in [3.8, 4) is 5.75 Å². The van der Waals surface area contributed by atoms with Gasteiger partial charge in [0.2, 0.25) is 0 Å². The molecule has 1 aromatic carbocycles. The zero-order valence-electron chi connectivity index (χ0n) is 14.3. The molecule has 0 saturated heterocycles. The van der Waals surface area contributed by atoms with Gasteiger partial charge in [-0.3, -0.25) is 0 Å². The van der Waals surface area contributed by atoms with E-state index < -0.39 is 0 Å². The number of benzene rings is 1. The van der Waals surface area contributed by atoms with Crippen LogP contribution < -0.4 is 10.1 Å². The van der Waals surface area contributed by atoms with Gasteiger partial charge in [0.15, 0.2) is 0 Å². The molecule has 0 aromatic heterocycles. The smallest absolute Gasteiger partial charge is 0.122 e. The van der Waals surface area contributed by atoms with Gasteiger partial charge < -0.3 is 10.1 Å². The van der Waals surface area contributed by atoms with Crippen molar-refractivity contribution in [1.82, 2.24) is 5.32 Å². The van der Waals surface area contributed by atoms with Crippen LogP contribution in [0.2, 0.25) is 0 Å². The van der Waals surface area contributed by atoms with Gasteiger partial charge in [-0.05, 0) is 75.8 Å². The third-order valence-corrected chi connectivity index (χ3v) is 4.26. The molecular weight excluding hydrogens is 326 g/mol. The molecule has 0 heterocycles. The maximum absolute atomic E-state index is 5.46. The standard InChI is InChI=1S/C18H30BrNO/c1-17(2,3)20-12-11-18(4,5)10-9-14-13-15(19)7-8-16(14)21-6/h7-8,13,20H,9-12H2,1-6H3. The number of aryl methyl sites for hydroxylation is 1. The van der Waals surface area contributed by atoms with E-state index in [-0.39, 0.29) is 5.54 Å². The van der Waals surface area contributed by atoms with E-state index in [4.69, 9.17) is 4.74 Å². The lowest BCUT2D eigenvalue weighted by Gasteiger charge is -2.28. The monoisotopic (exact) mass is 355 g/mol. The van der Waals surface area contributed by atoms with Crippen molar-refractivity contribution in [2.24, 2.45) is 5.41 Å². The third-order valence-electron chi connectivity index (χ3n) is 3.77. The largest absolute Gasteiger partial charge is 0.496 e. The van der Waals surface area contributed by atoms with Crippen molar-refractivity contribution in [3.63, 3.8) is 0 Å². The summed E-state index contributed by atoms with van der Waals surface area (Å²) in [5.74, 6) is 0.988. The second-order valence-electron chi connectivity index (χ2n) is 7.55. The van der Waals surface area contributed by atoms with Gasteiger partial charge in [-0.25, -0.2) is 0 Å². The molecule has 0 unspecified atom stereocenters. The summed E-state index contributed by atoms with van der Waals surface area (Å²) in [5, 5.41) is 3.58. The molecule has 21 heavy (non-hydrogen) atoms. The molecule has 0 fully saturated rings. The van der Waals surface area contributed by atoms with Crippen LogP contribution in [0.1, 0.15) is 53.0 Å². The Morgan fingerprint density at radius 2 is 1.76 bits per heavy atom. The molecule has 0 aliphatic carbocycles. The average molecular weight is 356 g/mol. The SMILES string of the molecule is COc1ccc(Br)cc1CCC(C)(C)CCNC(C)(C)C. The molecule has 1 rings (SSSR count). The van der Waals surface area contributed by atoms with Crippen molar-refractivity contribution in [3.05, 3.63) is 28.2 Å². The Balaban J connectivity index is 2.55. The van der Waals surface area contributed by atoms with E-state index in [1.165, 1.54) is 12.0 Å². The first-order valence-electron chi connectivity index (χ1n) is 7.70. The highest BCUT2D eigenvalue weighted by Gasteiger charge is 2.19. The van der Waals surface area contributed by atoms with Crippen LogP contribution >= 0.6 is 15.9 Å². The summed E-state index contributed by atoms with van der Waals surface area (Å²) in [4.78, 5) is 0. The second-order valence-corrected chi connectivity index (χ2v) is 8.46. The minimum absolute atomic E-state index is 0.198. The lowest BCUT2D eigenvalue weighted by Crippen LogP contribution is -2.38. The highest BCUT2D eigenvalue weighted by Crippen LogP contribution is 2.30. The van der Waals surface area contributed by atoms with Gasteiger partial charge in [0.25, 0.3) is 0 Å². The van der Waals surface area contributed by atoms with Crippen molar-refractivity contribution in [1.29, 1.82) is 0 Å². The topological polar surface area (TPSA) is 21.3 Å². The first kappa shape index (κ1) is 18.5. The second kappa shape index (κ2) is 7.64. The van der Waals surface area contributed by atoms with Gasteiger partial charge in [-0.15, -0.1) is 0 Å². The van der Waals surface area contributed by atoms with E-state index in [9.17, 15) is 0 Å². The molecule has 2 nitrogen and oxygen atoms in total. The summed E-state index contributed by atoms with van der Waals surface area (Å²) in [6.45, 7) is 12.4. The average Bonchev–Trinajstić information content (AvgIpc) is 2.35. The van der Waals surface area contributed by atoms with Gasteiger partial charge in [0.1, 0.15) is 5.75 Å². The molecule has 0 aliphatic rings. The molecule has 0 bridgehead atoms. The molecule has 1 aromatic rings. The van der Waals surface area contributed by atoms with E-state index in [2.05, 4.69) is 61.9 Å². The molecule has 0 amide bonds. The molecule has 3 heteroatoms. The van der Waals surface area contributed by atoms with Gasteiger partial charge in [-0.2, -0.15) is 0 Å². The highest BCUT2D eigenvalue weighted by molar-refractivity contribution is 9.10. The molecule has 0 spiro atoms. The summed E-state index contributed by atoms with van der Waals surface area (Å²) in [6, 6.07) is 6.23. The Morgan fingerprint density at radius 3 is 2.33 bits per heavy atom. The van der Waals surface area contributed by atoms with Crippen LogP contribution in [-0.4, -0.2) is 19.2 Å². The maximum atomic E-state index is 5.46. The fourth-order valence-corrected chi connectivity index (χ4v) is 2.72. The number of rotatable bonds is 7. The number of methoxy groups -OCH3 is 1. The summed E-state index contributed by atoms with van der Waals surface area (Å²) >= 11 is 3.54. The Morgan fingerprint density at radius 1 is 1.10 bits per heavy atom. The molecule has 0 saturated carbocycles. The quantitative estimate of drug-likeness (QED) is 0.725. The van der Waals surface area contributed by atoms with Gasteiger partial charge >= 0.3 is 0 Å². The van der Waals surface area contributed by atoms with Crippen molar-refractivity contribution in [2.75, 3.05) is 13.7 Å². The summed E-state index contributed by atoms with van der Waals surface area (Å²) in [7, 11) is 1.74. The number of hydrogen-bond donors (Lipinski definition) is 1. The van der Waals surface area contributed by atoms with E-state index in [1.54, 1.807) is 7.11 Å². The van der Waals surface area contributed by atoms with Gasteiger partial charge in [0, 0.05) is 10.0 Å².